The molecule has 0 aliphatic carbocycles. The van der Waals surface area contributed by atoms with Gasteiger partial charge in [-0.3, -0.25) is 9.59 Å². The normalized spacial score (nSPS) is 9.47. The predicted molar refractivity (Wildman–Crippen MR) is 51.1 cm³/mol. The molecule has 1 amide bonds. The Morgan fingerprint density at radius 1 is 1.27 bits per heavy atom. The second-order valence-electron chi connectivity index (χ2n) is 2.53. The van der Waals surface area contributed by atoms with Gasteiger partial charge in [-0.15, -0.1) is 0 Å². The van der Waals surface area contributed by atoms with E-state index in [-0.39, 0.29) is 26.2 Å². The number of aliphatic carboxylic acids is 1. The van der Waals surface area contributed by atoms with E-state index in [1.165, 1.54) is 0 Å². The predicted octanol–water partition coefficient (Wildman–Crippen LogP) is -1.96. The fraction of sp³-hybridized carbons (Fsp3) is 0.667. The van der Waals surface area contributed by atoms with Crippen molar-refractivity contribution in [3.63, 3.8) is 0 Å². The van der Waals surface area contributed by atoms with Crippen molar-refractivity contribution in [2.24, 2.45) is 0 Å². The molecule has 3 N–H and O–H groups in total. The Morgan fingerprint density at radius 2 is 1.93 bits per heavy atom. The number of ether oxygens (including phenoxy) is 1. The molecule has 0 aromatic carbocycles. The van der Waals surface area contributed by atoms with E-state index >= 15 is 0 Å². The molecule has 15 heavy (non-hydrogen) atoms. The number of carboxylic acids is 1. The van der Waals surface area contributed by atoms with E-state index in [4.69, 9.17) is 19.9 Å². The van der Waals surface area contributed by atoms with Crippen LogP contribution in [0.3, 0.4) is 0 Å². The molecule has 0 saturated heterocycles. The molecule has 0 aliphatic heterocycles. The Balaban J connectivity index is 3.55. The summed E-state index contributed by atoms with van der Waals surface area (Å²) in [6.07, 6.45) is -0.122. The van der Waals surface area contributed by atoms with Crippen LogP contribution in [0.15, 0.2) is 0 Å². The van der Waals surface area contributed by atoms with Crippen molar-refractivity contribution in [2.45, 2.75) is 6.42 Å². The van der Waals surface area contributed by atoms with Crippen LogP contribution in [0, 0.1) is 0 Å². The summed E-state index contributed by atoms with van der Waals surface area (Å²) in [6, 6.07) is 0. The molecule has 82 valence electrons. The van der Waals surface area contributed by atoms with Crippen LogP contribution in [0.1, 0.15) is 6.42 Å². The van der Waals surface area contributed by atoms with E-state index in [9.17, 15) is 9.59 Å². The van der Waals surface area contributed by atoms with Crippen molar-refractivity contribution in [1.29, 1.82) is 0 Å². The average molecular weight is 215 g/mol. The number of carbonyl (C=O) groups is 2. The van der Waals surface area contributed by atoms with Crippen molar-refractivity contribution in [2.75, 3.05) is 19.8 Å². The molecule has 0 bridgehead atoms. The van der Waals surface area contributed by atoms with Crippen molar-refractivity contribution >= 4 is 26.9 Å². The maximum Gasteiger partial charge on any atom is 0.437 e. The Hall–Kier alpha value is -1.05. The molecule has 0 aliphatic rings. The van der Waals surface area contributed by atoms with Crippen LogP contribution in [-0.2, 0) is 9.53 Å². The number of nitrogens with zero attached hydrogens (tertiary/aromatic N) is 1. The highest BCUT2D eigenvalue weighted by Crippen LogP contribution is 1.89. The zero-order valence-corrected chi connectivity index (χ0v) is 8.00. The van der Waals surface area contributed by atoms with Gasteiger partial charge < -0.3 is 24.7 Å². The van der Waals surface area contributed by atoms with Crippen LogP contribution in [0.25, 0.3) is 0 Å². The molecule has 0 fully saturated rings. The van der Waals surface area contributed by atoms with Crippen LogP contribution in [0.4, 0.5) is 4.79 Å². The third-order valence-electron chi connectivity index (χ3n) is 1.47. The SMILES string of the molecule is O=C(O)CCOCCN([B]O)C(=O)[B]O. The number of amides is 1. The smallest absolute Gasteiger partial charge is 0.437 e. The zero-order valence-electron chi connectivity index (χ0n) is 8.00. The molecular weight excluding hydrogens is 204 g/mol. The van der Waals surface area contributed by atoms with E-state index < -0.39 is 11.8 Å². The maximum absolute atomic E-state index is 10.8. The lowest BCUT2D eigenvalue weighted by Crippen LogP contribution is -2.39. The third-order valence-corrected chi connectivity index (χ3v) is 1.47. The first-order valence-corrected chi connectivity index (χ1v) is 4.17. The lowest BCUT2D eigenvalue weighted by molar-refractivity contribution is -0.138. The molecule has 2 radical (unpaired) electrons. The molecule has 7 nitrogen and oxygen atoms in total. The molecule has 0 heterocycles. The fourth-order valence-corrected chi connectivity index (χ4v) is 0.723. The minimum atomic E-state index is -0.972. The summed E-state index contributed by atoms with van der Waals surface area (Å²) in [6.45, 7) is 0.140. The zero-order chi connectivity index (χ0) is 11.7. The highest BCUT2D eigenvalue weighted by atomic mass is 16.5. The summed E-state index contributed by atoms with van der Waals surface area (Å²) in [7, 11) is 0.819. The summed E-state index contributed by atoms with van der Waals surface area (Å²) in [5, 5.41) is 25.2. The summed E-state index contributed by atoms with van der Waals surface area (Å²) in [5.74, 6) is -1.75. The van der Waals surface area contributed by atoms with E-state index in [1.807, 2.05) is 0 Å². The quantitative estimate of drug-likeness (QED) is 0.320. The van der Waals surface area contributed by atoms with Gasteiger partial charge in [0.2, 0.25) is 0 Å². The first-order chi connectivity index (χ1) is 7.11. The fourth-order valence-electron chi connectivity index (χ4n) is 0.723. The van der Waals surface area contributed by atoms with Crippen molar-refractivity contribution in [3.8, 4) is 0 Å². The largest absolute Gasteiger partial charge is 0.481 e. The Kier molecular flexibility index (Phi) is 7.69. The van der Waals surface area contributed by atoms with Gasteiger partial charge in [0.15, 0.2) is 5.81 Å². The number of carbonyl (C=O) groups excluding carboxylic acids is 1. The summed E-state index contributed by atoms with van der Waals surface area (Å²) in [5.41, 5.74) is 0. The number of hydrogen-bond donors (Lipinski definition) is 3. The maximum atomic E-state index is 10.8. The van der Waals surface area contributed by atoms with E-state index in [1.54, 1.807) is 0 Å². The van der Waals surface area contributed by atoms with Gasteiger partial charge in [-0.05, 0) is 0 Å². The van der Waals surface area contributed by atoms with E-state index in [0.29, 0.717) is 15.1 Å². The van der Waals surface area contributed by atoms with Gasteiger partial charge in [0.1, 0.15) is 0 Å². The van der Waals surface area contributed by atoms with Crippen molar-refractivity contribution in [3.05, 3.63) is 0 Å². The van der Waals surface area contributed by atoms with Crippen LogP contribution >= 0.6 is 0 Å². The van der Waals surface area contributed by atoms with Gasteiger partial charge in [0, 0.05) is 6.54 Å². The van der Waals surface area contributed by atoms with E-state index in [2.05, 4.69) is 0 Å². The van der Waals surface area contributed by atoms with Gasteiger partial charge in [-0.1, -0.05) is 0 Å². The summed E-state index contributed by atoms with van der Waals surface area (Å²) in [4.78, 5) is 21.7. The lowest BCUT2D eigenvalue weighted by atomic mass is 9.96. The lowest BCUT2D eigenvalue weighted by Gasteiger charge is -2.17. The average Bonchev–Trinajstić information content (AvgIpc) is 2.22. The molecule has 0 aromatic heterocycles. The Morgan fingerprint density at radius 3 is 2.40 bits per heavy atom. The van der Waals surface area contributed by atoms with E-state index in [0.717, 1.165) is 4.81 Å². The first-order valence-electron chi connectivity index (χ1n) is 4.17. The van der Waals surface area contributed by atoms with Crippen LogP contribution in [0.2, 0.25) is 0 Å². The monoisotopic (exact) mass is 215 g/mol. The molecule has 0 rings (SSSR count). The molecule has 0 saturated carbocycles. The number of hydrogen-bond acceptors (Lipinski definition) is 5. The summed E-state index contributed by atoms with van der Waals surface area (Å²) >= 11 is 0. The van der Waals surface area contributed by atoms with Crippen LogP contribution in [0.5, 0.6) is 0 Å². The molecular formula is C6H11B2NO6. The van der Waals surface area contributed by atoms with Crippen LogP contribution < -0.4 is 0 Å². The Labute approximate surface area is 88.2 Å². The molecule has 0 spiro atoms. The Bertz CT molecular complexity index is 214. The third kappa shape index (κ3) is 6.95. The van der Waals surface area contributed by atoms with Crippen molar-refractivity contribution < 1.29 is 29.5 Å². The van der Waals surface area contributed by atoms with Gasteiger partial charge in [-0.25, -0.2) is 0 Å². The number of rotatable bonds is 8. The minimum Gasteiger partial charge on any atom is -0.481 e. The van der Waals surface area contributed by atoms with Gasteiger partial charge in [0.05, 0.1) is 19.6 Å². The standard InChI is InChI=1S/C6H11B2NO6/c10-5(11)1-3-15-4-2-9(8-14)6(12)7-13/h13-14H,1-4H2,(H,10,11). The highest BCUT2D eigenvalue weighted by Gasteiger charge is 2.13. The molecule has 0 aromatic rings. The molecule has 0 atom stereocenters. The second-order valence-corrected chi connectivity index (χ2v) is 2.53. The molecule has 9 heteroatoms. The first kappa shape index (κ1) is 13.9. The van der Waals surface area contributed by atoms with Crippen LogP contribution in [-0.4, -0.2) is 66.6 Å². The molecule has 0 unspecified atom stereocenters. The second kappa shape index (κ2) is 8.27. The van der Waals surface area contributed by atoms with Crippen molar-refractivity contribution in [1.82, 2.24) is 4.81 Å². The summed E-state index contributed by atoms with van der Waals surface area (Å²) < 4.78 is 4.87. The number of carboxylic acid groups (broad SMARTS) is 1. The van der Waals surface area contributed by atoms with Gasteiger partial charge in [-0.2, -0.15) is 0 Å². The van der Waals surface area contributed by atoms with Gasteiger partial charge in [0.25, 0.3) is 0 Å². The minimum absolute atomic E-state index is 0.0334. The van der Waals surface area contributed by atoms with Gasteiger partial charge >= 0.3 is 21.1 Å². The topological polar surface area (TPSA) is 107 Å². The highest BCUT2D eigenvalue weighted by molar-refractivity contribution is 6.69.